The standard InChI is InChI=1S/C13H12ClN3/c1-9-4-5-11(7-12(9)14)17-13(15)10-3-2-6-16-8-10/h2-8H,1H3,(H2,15,17). The zero-order valence-electron chi connectivity index (χ0n) is 9.39. The third-order valence-electron chi connectivity index (χ3n) is 2.36. The molecule has 2 aromatic rings. The summed E-state index contributed by atoms with van der Waals surface area (Å²) in [7, 11) is 0. The van der Waals surface area contributed by atoms with E-state index in [4.69, 9.17) is 17.3 Å². The van der Waals surface area contributed by atoms with Crippen LogP contribution < -0.4 is 5.73 Å². The van der Waals surface area contributed by atoms with Gasteiger partial charge in [0.25, 0.3) is 0 Å². The first-order chi connectivity index (χ1) is 8.16. The summed E-state index contributed by atoms with van der Waals surface area (Å²) in [6.45, 7) is 1.94. The number of aliphatic imine (C=N–C) groups is 1. The summed E-state index contributed by atoms with van der Waals surface area (Å²) in [4.78, 5) is 8.29. The molecule has 2 rings (SSSR count). The molecule has 4 heteroatoms. The van der Waals surface area contributed by atoms with E-state index in [0.717, 1.165) is 16.8 Å². The Bertz CT molecular complexity index is 550. The Morgan fingerprint density at radius 2 is 2.18 bits per heavy atom. The fourth-order valence-corrected chi connectivity index (χ4v) is 1.54. The Morgan fingerprint density at radius 1 is 1.35 bits per heavy atom. The smallest absolute Gasteiger partial charge is 0.132 e. The Kier molecular flexibility index (Phi) is 3.40. The summed E-state index contributed by atoms with van der Waals surface area (Å²) >= 11 is 6.02. The molecule has 1 aromatic heterocycles. The Hall–Kier alpha value is -1.87. The van der Waals surface area contributed by atoms with Gasteiger partial charge in [0.05, 0.1) is 5.69 Å². The highest BCUT2D eigenvalue weighted by Crippen LogP contribution is 2.22. The van der Waals surface area contributed by atoms with Gasteiger partial charge in [0, 0.05) is 23.0 Å². The molecular weight excluding hydrogens is 234 g/mol. The quantitative estimate of drug-likeness (QED) is 0.653. The highest BCUT2D eigenvalue weighted by Gasteiger charge is 2.00. The number of amidine groups is 1. The highest BCUT2D eigenvalue weighted by atomic mass is 35.5. The van der Waals surface area contributed by atoms with E-state index in [2.05, 4.69) is 9.98 Å². The van der Waals surface area contributed by atoms with Gasteiger partial charge >= 0.3 is 0 Å². The number of nitrogens with zero attached hydrogens (tertiary/aromatic N) is 2. The molecule has 2 N–H and O–H groups in total. The minimum atomic E-state index is 0.429. The number of rotatable bonds is 2. The van der Waals surface area contributed by atoms with Gasteiger partial charge in [0.2, 0.25) is 0 Å². The molecule has 0 spiro atoms. The van der Waals surface area contributed by atoms with E-state index in [1.54, 1.807) is 18.5 Å². The van der Waals surface area contributed by atoms with Crippen LogP contribution in [-0.4, -0.2) is 10.8 Å². The Morgan fingerprint density at radius 3 is 2.82 bits per heavy atom. The minimum absolute atomic E-state index is 0.429. The first kappa shape index (κ1) is 11.6. The Balaban J connectivity index is 2.33. The van der Waals surface area contributed by atoms with E-state index in [-0.39, 0.29) is 0 Å². The van der Waals surface area contributed by atoms with Gasteiger partial charge in [-0.2, -0.15) is 0 Å². The maximum absolute atomic E-state index is 6.02. The SMILES string of the molecule is Cc1ccc(N=C(N)c2cccnc2)cc1Cl. The summed E-state index contributed by atoms with van der Waals surface area (Å²) in [6.07, 6.45) is 3.37. The van der Waals surface area contributed by atoms with Gasteiger partial charge in [-0.3, -0.25) is 4.98 Å². The van der Waals surface area contributed by atoms with Crippen molar-refractivity contribution in [3.63, 3.8) is 0 Å². The van der Waals surface area contributed by atoms with Crippen LogP contribution >= 0.6 is 11.6 Å². The van der Waals surface area contributed by atoms with Crippen molar-refractivity contribution in [3.05, 3.63) is 58.9 Å². The molecule has 0 aliphatic rings. The van der Waals surface area contributed by atoms with Crippen LogP contribution in [0, 0.1) is 6.92 Å². The molecule has 0 atom stereocenters. The van der Waals surface area contributed by atoms with Gasteiger partial charge < -0.3 is 5.73 Å². The Labute approximate surface area is 105 Å². The van der Waals surface area contributed by atoms with Crippen molar-refractivity contribution >= 4 is 23.1 Å². The van der Waals surface area contributed by atoms with E-state index >= 15 is 0 Å². The molecule has 86 valence electrons. The number of aromatic nitrogens is 1. The van der Waals surface area contributed by atoms with Crippen molar-refractivity contribution in [1.82, 2.24) is 4.98 Å². The van der Waals surface area contributed by atoms with Crippen LogP contribution in [0.4, 0.5) is 5.69 Å². The van der Waals surface area contributed by atoms with Crippen LogP contribution in [0.5, 0.6) is 0 Å². The number of aryl methyl sites for hydroxylation is 1. The average Bonchev–Trinajstić information content (AvgIpc) is 2.35. The molecule has 1 heterocycles. The van der Waals surface area contributed by atoms with Crippen LogP contribution in [0.25, 0.3) is 0 Å². The van der Waals surface area contributed by atoms with Crippen LogP contribution in [-0.2, 0) is 0 Å². The fraction of sp³-hybridized carbons (Fsp3) is 0.0769. The number of hydrogen-bond acceptors (Lipinski definition) is 2. The molecule has 1 aromatic carbocycles. The highest BCUT2D eigenvalue weighted by molar-refractivity contribution is 6.31. The molecule has 0 saturated carbocycles. The van der Waals surface area contributed by atoms with Gasteiger partial charge in [-0.15, -0.1) is 0 Å². The van der Waals surface area contributed by atoms with Gasteiger partial charge in [-0.05, 0) is 36.8 Å². The third kappa shape index (κ3) is 2.82. The minimum Gasteiger partial charge on any atom is -0.383 e. The van der Waals surface area contributed by atoms with Crippen LogP contribution in [0.1, 0.15) is 11.1 Å². The van der Waals surface area contributed by atoms with Crippen molar-refractivity contribution in [3.8, 4) is 0 Å². The first-order valence-electron chi connectivity index (χ1n) is 5.17. The lowest BCUT2D eigenvalue weighted by atomic mass is 10.2. The first-order valence-corrected chi connectivity index (χ1v) is 5.55. The maximum atomic E-state index is 6.02. The third-order valence-corrected chi connectivity index (χ3v) is 2.77. The number of benzene rings is 1. The zero-order valence-corrected chi connectivity index (χ0v) is 10.1. The molecule has 0 bridgehead atoms. The molecule has 0 aliphatic carbocycles. The summed E-state index contributed by atoms with van der Waals surface area (Å²) < 4.78 is 0. The zero-order chi connectivity index (χ0) is 12.3. The molecule has 0 saturated heterocycles. The van der Waals surface area contributed by atoms with E-state index in [0.29, 0.717) is 10.9 Å². The summed E-state index contributed by atoms with van der Waals surface area (Å²) in [5.41, 5.74) is 8.43. The van der Waals surface area contributed by atoms with E-state index < -0.39 is 0 Å². The van der Waals surface area contributed by atoms with Gasteiger partial charge in [0.15, 0.2) is 0 Å². The van der Waals surface area contributed by atoms with Gasteiger partial charge in [0.1, 0.15) is 5.84 Å². The van der Waals surface area contributed by atoms with Crippen molar-refractivity contribution in [2.45, 2.75) is 6.92 Å². The molecule has 0 aliphatic heterocycles. The second-order valence-electron chi connectivity index (χ2n) is 3.67. The van der Waals surface area contributed by atoms with E-state index in [9.17, 15) is 0 Å². The number of nitrogens with two attached hydrogens (primary N) is 1. The molecule has 0 amide bonds. The normalized spacial score (nSPS) is 11.5. The van der Waals surface area contributed by atoms with Crippen LogP contribution in [0.3, 0.4) is 0 Å². The summed E-state index contributed by atoms with van der Waals surface area (Å²) in [6, 6.07) is 9.27. The number of pyridine rings is 1. The molecule has 0 unspecified atom stereocenters. The van der Waals surface area contributed by atoms with Crippen molar-refractivity contribution < 1.29 is 0 Å². The predicted molar refractivity (Wildman–Crippen MR) is 70.8 cm³/mol. The predicted octanol–water partition coefficient (Wildman–Crippen LogP) is 3.08. The lowest BCUT2D eigenvalue weighted by Crippen LogP contribution is -2.12. The fourth-order valence-electron chi connectivity index (χ4n) is 1.37. The molecule has 3 nitrogen and oxygen atoms in total. The monoisotopic (exact) mass is 245 g/mol. The molecule has 17 heavy (non-hydrogen) atoms. The van der Waals surface area contributed by atoms with Crippen LogP contribution in [0.2, 0.25) is 5.02 Å². The van der Waals surface area contributed by atoms with Crippen molar-refractivity contribution in [1.29, 1.82) is 0 Å². The second-order valence-corrected chi connectivity index (χ2v) is 4.08. The lowest BCUT2D eigenvalue weighted by molar-refractivity contribution is 1.30. The lowest BCUT2D eigenvalue weighted by Gasteiger charge is -2.02. The van der Waals surface area contributed by atoms with Crippen molar-refractivity contribution in [2.24, 2.45) is 10.7 Å². The molecular formula is C13H12ClN3. The van der Waals surface area contributed by atoms with E-state index in [1.807, 2.05) is 31.2 Å². The number of hydrogen-bond donors (Lipinski definition) is 1. The maximum Gasteiger partial charge on any atom is 0.132 e. The van der Waals surface area contributed by atoms with Crippen LogP contribution in [0.15, 0.2) is 47.7 Å². The topological polar surface area (TPSA) is 51.3 Å². The van der Waals surface area contributed by atoms with E-state index in [1.165, 1.54) is 0 Å². The summed E-state index contributed by atoms with van der Waals surface area (Å²) in [5, 5.41) is 0.685. The van der Waals surface area contributed by atoms with Gasteiger partial charge in [-0.1, -0.05) is 17.7 Å². The second kappa shape index (κ2) is 4.97. The molecule has 0 radical (unpaired) electrons. The molecule has 0 fully saturated rings. The van der Waals surface area contributed by atoms with Gasteiger partial charge in [-0.25, -0.2) is 4.99 Å². The summed E-state index contributed by atoms with van der Waals surface area (Å²) in [5.74, 6) is 0.429. The average molecular weight is 246 g/mol. The largest absolute Gasteiger partial charge is 0.383 e. The number of halogens is 1. The van der Waals surface area contributed by atoms with Crippen molar-refractivity contribution in [2.75, 3.05) is 0 Å².